The first-order valence-electron chi connectivity index (χ1n) is 12.7. The minimum absolute atomic E-state index is 0.124. The fraction of sp³-hybridized carbons (Fsp3) is 0.207. The monoisotopic (exact) mass is 594 g/mol. The van der Waals surface area contributed by atoms with E-state index in [0.717, 1.165) is 27.9 Å². The molecule has 0 saturated carbocycles. The van der Waals surface area contributed by atoms with Gasteiger partial charge in [0.2, 0.25) is 5.91 Å². The van der Waals surface area contributed by atoms with Gasteiger partial charge in [-0.05, 0) is 61.7 Å². The highest BCUT2D eigenvalue weighted by Gasteiger charge is 2.33. The van der Waals surface area contributed by atoms with E-state index >= 15 is 0 Å². The van der Waals surface area contributed by atoms with Crippen molar-refractivity contribution >= 4 is 34.6 Å². The van der Waals surface area contributed by atoms with Crippen molar-refractivity contribution in [1.29, 1.82) is 0 Å². The van der Waals surface area contributed by atoms with E-state index in [0.29, 0.717) is 22.2 Å². The molecule has 1 N–H and O–H groups in total. The van der Waals surface area contributed by atoms with E-state index in [2.05, 4.69) is 25.1 Å². The van der Waals surface area contributed by atoms with Crippen LogP contribution in [0.2, 0.25) is 0 Å². The third kappa shape index (κ3) is 6.62. The highest BCUT2D eigenvalue weighted by atomic mass is 32.2. The molecule has 3 amide bonds. The number of carbonyl (C=O) groups is 2. The number of amidine groups is 1. The largest absolute Gasteiger partial charge is 0.573 e. The molecule has 9 nitrogen and oxygen atoms in total. The number of anilines is 1. The zero-order valence-corrected chi connectivity index (χ0v) is 23.6. The lowest BCUT2D eigenvalue weighted by Gasteiger charge is -2.21. The summed E-state index contributed by atoms with van der Waals surface area (Å²) in [5.74, 6) is 0.171. The van der Waals surface area contributed by atoms with E-state index in [-0.39, 0.29) is 24.0 Å². The third-order valence-corrected chi connectivity index (χ3v) is 7.23. The van der Waals surface area contributed by atoms with Gasteiger partial charge in [0, 0.05) is 12.1 Å². The fourth-order valence-electron chi connectivity index (χ4n) is 4.59. The Morgan fingerprint density at radius 3 is 2.36 bits per heavy atom. The maximum Gasteiger partial charge on any atom is 0.573 e. The van der Waals surface area contributed by atoms with E-state index in [1.165, 1.54) is 51.9 Å². The average molecular weight is 595 g/mol. The molecule has 0 radical (unpaired) electrons. The van der Waals surface area contributed by atoms with Gasteiger partial charge in [0.1, 0.15) is 12.1 Å². The van der Waals surface area contributed by atoms with Crippen LogP contribution >= 0.6 is 11.8 Å². The molecule has 2 heterocycles. The van der Waals surface area contributed by atoms with Crippen molar-refractivity contribution in [2.45, 2.75) is 33.7 Å². The quantitative estimate of drug-likeness (QED) is 0.289. The molecule has 0 aliphatic carbocycles. The number of nitrogens with one attached hydrogen (secondary N) is 1. The molecule has 216 valence electrons. The summed E-state index contributed by atoms with van der Waals surface area (Å²) < 4.78 is 42.5. The number of carbonyl (C=O) groups excluding carboxylic acids is 2. The van der Waals surface area contributed by atoms with Crippen LogP contribution in [0.1, 0.15) is 22.3 Å². The maximum absolute atomic E-state index is 12.7. The van der Waals surface area contributed by atoms with Gasteiger partial charge in [-0.1, -0.05) is 53.7 Å². The second-order valence-corrected chi connectivity index (χ2v) is 10.5. The highest BCUT2D eigenvalue weighted by molar-refractivity contribution is 8.15. The number of aromatic nitrogens is 3. The molecule has 42 heavy (non-hydrogen) atoms. The minimum atomic E-state index is -4.76. The number of urea groups is 1. The first-order chi connectivity index (χ1) is 20.0. The van der Waals surface area contributed by atoms with Gasteiger partial charge < -0.3 is 10.1 Å². The van der Waals surface area contributed by atoms with E-state index in [1.807, 2.05) is 45.0 Å². The van der Waals surface area contributed by atoms with Gasteiger partial charge >= 0.3 is 12.4 Å². The van der Waals surface area contributed by atoms with Crippen LogP contribution in [-0.4, -0.2) is 44.0 Å². The van der Waals surface area contributed by atoms with Crippen molar-refractivity contribution < 1.29 is 27.5 Å². The van der Waals surface area contributed by atoms with E-state index < -0.39 is 12.4 Å². The van der Waals surface area contributed by atoms with Crippen LogP contribution < -0.4 is 15.0 Å². The molecule has 4 aromatic rings. The first kappa shape index (κ1) is 28.9. The van der Waals surface area contributed by atoms with Crippen molar-refractivity contribution in [3.63, 3.8) is 0 Å². The number of aryl methyl sites for hydroxylation is 3. The van der Waals surface area contributed by atoms with Gasteiger partial charge in [0.05, 0.1) is 17.1 Å². The second-order valence-electron chi connectivity index (χ2n) is 9.57. The number of amides is 3. The number of nitrogens with zero attached hydrogens (tertiary/aromatic N) is 5. The average Bonchev–Trinajstić information content (AvgIpc) is 3.55. The summed E-state index contributed by atoms with van der Waals surface area (Å²) in [6.45, 7) is 6.07. The van der Waals surface area contributed by atoms with E-state index in [4.69, 9.17) is 0 Å². The molecular weight excluding hydrogens is 569 g/mol. The SMILES string of the molecule is Cc1cc(C)c(N2C(=O)CSC2=NC(=O)NCc2ccc(-c3ncn(-c4ccc(OC(F)(F)F)cc4)n3)cc2)c(C)c1. The van der Waals surface area contributed by atoms with Gasteiger partial charge in [0.15, 0.2) is 11.0 Å². The number of thioether (sulfide) groups is 1. The Balaban J connectivity index is 1.21. The Hall–Kier alpha value is -4.65. The molecule has 0 unspecified atom stereocenters. The van der Waals surface area contributed by atoms with E-state index in [9.17, 15) is 22.8 Å². The Kier molecular flexibility index (Phi) is 8.03. The van der Waals surface area contributed by atoms with Gasteiger partial charge in [-0.3, -0.25) is 9.69 Å². The van der Waals surface area contributed by atoms with Crippen molar-refractivity contribution in [2.75, 3.05) is 10.7 Å². The van der Waals surface area contributed by atoms with Crippen LogP contribution in [0.15, 0.2) is 72.0 Å². The standard InChI is InChI=1S/C29H25F3N6O3S/c1-17-12-18(2)25(19(3)13-17)38-24(39)15-42-28(38)35-27(40)33-14-20-4-6-21(7-5-20)26-34-16-37(36-26)22-8-10-23(11-9-22)41-29(30,31)32/h4-13,16H,14-15H2,1-3H3,(H,33,40). The number of rotatable bonds is 6. The number of hydrogen-bond donors (Lipinski definition) is 1. The predicted octanol–water partition coefficient (Wildman–Crippen LogP) is 6.10. The number of alkyl halides is 3. The number of halogens is 3. The van der Waals surface area contributed by atoms with Crippen LogP contribution in [0.5, 0.6) is 5.75 Å². The van der Waals surface area contributed by atoms with E-state index in [1.54, 1.807) is 12.1 Å². The van der Waals surface area contributed by atoms with Gasteiger partial charge in [-0.25, -0.2) is 14.5 Å². The molecule has 1 fully saturated rings. The van der Waals surface area contributed by atoms with Crippen LogP contribution in [0, 0.1) is 20.8 Å². The molecule has 1 aliphatic heterocycles. The topological polar surface area (TPSA) is 102 Å². The Bertz CT molecular complexity index is 1640. The van der Waals surface area contributed by atoms with Gasteiger partial charge in [-0.2, -0.15) is 4.99 Å². The van der Waals surface area contributed by atoms with Crippen molar-refractivity contribution in [1.82, 2.24) is 20.1 Å². The lowest BCUT2D eigenvalue weighted by Crippen LogP contribution is -2.32. The number of ether oxygens (including phenoxy) is 1. The Labute approximate surface area is 243 Å². The lowest BCUT2D eigenvalue weighted by molar-refractivity contribution is -0.274. The third-order valence-electron chi connectivity index (χ3n) is 6.30. The number of hydrogen-bond acceptors (Lipinski definition) is 6. The molecular formula is C29H25F3N6O3S. The summed E-state index contributed by atoms with van der Waals surface area (Å²) in [5.41, 5.74) is 5.74. The minimum Gasteiger partial charge on any atom is -0.406 e. The van der Waals surface area contributed by atoms with Gasteiger partial charge in [0.25, 0.3) is 0 Å². The summed E-state index contributed by atoms with van der Waals surface area (Å²) in [6, 6.07) is 15.9. The van der Waals surface area contributed by atoms with Crippen LogP contribution in [0.3, 0.4) is 0 Å². The second kappa shape index (κ2) is 11.7. The zero-order chi connectivity index (χ0) is 30.0. The maximum atomic E-state index is 12.7. The zero-order valence-electron chi connectivity index (χ0n) is 22.8. The molecule has 0 bridgehead atoms. The summed E-state index contributed by atoms with van der Waals surface area (Å²) in [4.78, 5) is 35.3. The summed E-state index contributed by atoms with van der Waals surface area (Å²) in [6.07, 6.45) is -3.31. The molecule has 3 aromatic carbocycles. The molecule has 0 spiro atoms. The molecule has 1 saturated heterocycles. The normalized spacial score (nSPS) is 14.5. The number of aliphatic imine (C=N–C) groups is 1. The molecule has 1 aliphatic rings. The molecule has 13 heteroatoms. The summed E-state index contributed by atoms with van der Waals surface area (Å²) in [5, 5.41) is 7.49. The lowest BCUT2D eigenvalue weighted by atomic mass is 10.0. The summed E-state index contributed by atoms with van der Waals surface area (Å²) in [7, 11) is 0. The highest BCUT2D eigenvalue weighted by Crippen LogP contribution is 2.33. The van der Waals surface area contributed by atoms with Crippen molar-refractivity contribution in [3.05, 3.63) is 89.2 Å². The fourth-order valence-corrected chi connectivity index (χ4v) is 5.44. The van der Waals surface area contributed by atoms with Crippen LogP contribution in [0.4, 0.5) is 23.7 Å². The van der Waals surface area contributed by atoms with Crippen LogP contribution in [0.25, 0.3) is 17.1 Å². The molecule has 1 aromatic heterocycles. The summed E-state index contributed by atoms with van der Waals surface area (Å²) >= 11 is 1.23. The van der Waals surface area contributed by atoms with Crippen LogP contribution in [-0.2, 0) is 11.3 Å². The number of benzene rings is 3. The molecule has 0 atom stereocenters. The van der Waals surface area contributed by atoms with Gasteiger partial charge in [-0.15, -0.1) is 18.3 Å². The molecule has 5 rings (SSSR count). The predicted molar refractivity (Wildman–Crippen MR) is 154 cm³/mol. The Morgan fingerprint density at radius 1 is 1.05 bits per heavy atom. The van der Waals surface area contributed by atoms with Crippen molar-refractivity contribution in [2.24, 2.45) is 4.99 Å². The van der Waals surface area contributed by atoms with Crippen molar-refractivity contribution in [3.8, 4) is 22.8 Å². The Morgan fingerprint density at radius 2 is 1.71 bits per heavy atom. The smallest absolute Gasteiger partial charge is 0.406 e. The first-order valence-corrected chi connectivity index (χ1v) is 13.7.